The van der Waals surface area contributed by atoms with Gasteiger partial charge in [0, 0.05) is 38.3 Å². The number of hydrogen-bond donors (Lipinski definition) is 1. The van der Waals surface area contributed by atoms with Crippen LogP contribution in [0.4, 0.5) is 5.69 Å². The summed E-state index contributed by atoms with van der Waals surface area (Å²) in [7, 11) is 0. The second kappa shape index (κ2) is 4.76. The summed E-state index contributed by atoms with van der Waals surface area (Å²) >= 11 is 0. The quantitative estimate of drug-likeness (QED) is 0.837. The molecule has 1 aromatic rings. The molecule has 1 amide bonds. The third kappa shape index (κ3) is 2.27. The van der Waals surface area contributed by atoms with E-state index in [4.69, 9.17) is 0 Å². The first kappa shape index (κ1) is 12.3. The number of nitrogens with zero attached hydrogens (tertiary/aromatic N) is 2. The highest BCUT2D eigenvalue weighted by atomic mass is 16.3. The van der Waals surface area contributed by atoms with Gasteiger partial charge in [0.1, 0.15) is 5.75 Å². The summed E-state index contributed by atoms with van der Waals surface area (Å²) in [4.78, 5) is 15.7. The molecule has 2 heterocycles. The fraction of sp³-hybridized carbons (Fsp3) is 0.533. The van der Waals surface area contributed by atoms with Crippen LogP contribution >= 0.6 is 0 Å². The molecule has 0 unspecified atom stereocenters. The fourth-order valence-corrected chi connectivity index (χ4v) is 3.29. The lowest BCUT2D eigenvalue weighted by Gasteiger charge is -2.37. The largest absolute Gasteiger partial charge is 0.508 e. The average molecular weight is 260 g/mol. The number of hydrogen-bond acceptors (Lipinski definition) is 3. The number of carbonyl (C=O) groups is 1. The number of likely N-dealkylation sites (tertiary alicyclic amines) is 1. The fourth-order valence-electron chi connectivity index (χ4n) is 3.29. The molecule has 4 heteroatoms. The number of rotatable bonds is 1. The maximum absolute atomic E-state index is 11.3. The van der Waals surface area contributed by atoms with Crippen molar-refractivity contribution >= 4 is 11.6 Å². The van der Waals surface area contributed by atoms with Gasteiger partial charge in [0.15, 0.2) is 0 Å². The maximum atomic E-state index is 11.3. The Balaban J connectivity index is 1.71. The monoisotopic (exact) mass is 260 g/mol. The molecule has 2 aliphatic rings. The van der Waals surface area contributed by atoms with Crippen LogP contribution in [-0.4, -0.2) is 41.6 Å². The van der Waals surface area contributed by atoms with Crippen molar-refractivity contribution in [3.05, 3.63) is 23.8 Å². The van der Waals surface area contributed by atoms with E-state index in [9.17, 15) is 9.90 Å². The third-order valence-corrected chi connectivity index (χ3v) is 4.35. The van der Waals surface area contributed by atoms with E-state index in [0.717, 1.165) is 38.9 Å². The Kier molecular flexibility index (Phi) is 3.09. The van der Waals surface area contributed by atoms with Crippen molar-refractivity contribution in [1.82, 2.24) is 4.90 Å². The topological polar surface area (TPSA) is 43.8 Å². The van der Waals surface area contributed by atoms with Gasteiger partial charge in [-0.05, 0) is 43.0 Å². The summed E-state index contributed by atoms with van der Waals surface area (Å²) in [5.41, 5.74) is 2.51. The molecule has 0 saturated carbocycles. The van der Waals surface area contributed by atoms with Gasteiger partial charge < -0.3 is 14.9 Å². The molecule has 0 aliphatic carbocycles. The molecule has 3 rings (SSSR count). The Morgan fingerprint density at radius 3 is 2.68 bits per heavy atom. The Hall–Kier alpha value is -1.71. The Bertz CT molecular complexity index is 493. The molecule has 0 aromatic heterocycles. The number of anilines is 1. The number of piperidine rings is 1. The average Bonchev–Trinajstić information content (AvgIpc) is 2.81. The van der Waals surface area contributed by atoms with E-state index in [2.05, 4.69) is 4.90 Å². The van der Waals surface area contributed by atoms with Crippen molar-refractivity contribution in [1.29, 1.82) is 0 Å². The van der Waals surface area contributed by atoms with E-state index < -0.39 is 0 Å². The summed E-state index contributed by atoms with van der Waals surface area (Å²) in [5, 5.41) is 9.53. The second-order valence-electron chi connectivity index (χ2n) is 5.49. The normalized spacial score (nSPS) is 19.6. The van der Waals surface area contributed by atoms with Gasteiger partial charge in [-0.25, -0.2) is 0 Å². The van der Waals surface area contributed by atoms with Crippen LogP contribution in [0.25, 0.3) is 0 Å². The van der Waals surface area contributed by atoms with Gasteiger partial charge in [-0.3, -0.25) is 4.79 Å². The zero-order valence-corrected chi connectivity index (χ0v) is 11.3. The number of phenols is 1. The van der Waals surface area contributed by atoms with Crippen LogP contribution in [0.15, 0.2) is 18.2 Å². The molecule has 1 fully saturated rings. The minimum Gasteiger partial charge on any atom is -0.508 e. The molecular formula is C15H20N2O2. The van der Waals surface area contributed by atoms with Gasteiger partial charge in [0.25, 0.3) is 0 Å². The summed E-state index contributed by atoms with van der Waals surface area (Å²) in [5.74, 6) is 0.539. The minimum absolute atomic E-state index is 0.185. The lowest BCUT2D eigenvalue weighted by molar-refractivity contribution is -0.129. The number of phenolic OH excluding ortho intramolecular Hbond substituents is 1. The van der Waals surface area contributed by atoms with Gasteiger partial charge in [0.05, 0.1) is 0 Å². The smallest absolute Gasteiger partial charge is 0.219 e. The Morgan fingerprint density at radius 1 is 1.26 bits per heavy atom. The van der Waals surface area contributed by atoms with Crippen molar-refractivity contribution in [3.63, 3.8) is 0 Å². The maximum Gasteiger partial charge on any atom is 0.219 e. The number of benzene rings is 1. The van der Waals surface area contributed by atoms with Crippen LogP contribution in [0.3, 0.4) is 0 Å². The summed E-state index contributed by atoms with van der Waals surface area (Å²) < 4.78 is 0. The van der Waals surface area contributed by atoms with Gasteiger partial charge in [-0.15, -0.1) is 0 Å². The highest BCUT2D eigenvalue weighted by Gasteiger charge is 2.29. The lowest BCUT2D eigenvalue weighted by atomic mass is 10.0. The van der Waals surface area contributed by atoms with Gasteiger partial charge in [-0.2, -0.15) is 0 Å². The number of carbonyl (C=O) groups excluding carboxylic acids is 1. The van der Waals surface area contributed by atoms with Crippen LogP contribution < -0.4 is 4.90 Å². The standard InChI is InChI=1S/C15H20N2O2/c1-11(18)16-7-5-13(6-8-16)17-9-4-12-10-14(19)2-3-15(12)17/h2-3,10,13,19H,4-9H2,1H3. The van der Waals surface area contributed by atoms with Gasteiger partial charge >= 0.3 is 0 Å². The molecule has 2 aliphatic heterocycles. The van der Waals surface area contributed by atoms with Gasteiger partial charge in [-0.1, -0.05) is 0 Å². The molecule has 19 heavy (non-hydrogen) atoms. The van der Waals surface area contributed by atoms with Crippen molar-refractivity contribution < 1.29 is 9.90 Å². The molecule has 0 radical (unpaired) electrons. The predicted molar refractivity (Wildman–Crippen MR) is 74.4 cm³/mol. The SMILES string of the molecule is CC(=O)N1CCC(N2CCc3cc(O)ccc32)CC1. The first-order chi connectivity index (χ1) is 9.15. The van der Waals surface area contributed by atoms with E-state index in [0.29, 0.717) is 11.8 Å². The molecule has 0 bridgehead atoms. The number of fused-ring (bicyclic) bond motifs is 1. The molecule has 4 nitrogen and oxygen atoms in total. The van der Waals surface area contributed by atoms with Crippen molar-refractivity contribution in [2.75, 3.05) is 24.5 Å². The lowest BCUT2D eigenvalue weighted by Crippen LogP contribution is -2.45. The second-order valence-corrected chi connectivity index (χ2v) is 5.49. The number of aromatic hydroxyl groups is 1. The zero-order valence-electron chi connectivity index (χ0n) is 11.3. The molecule has 1 N–H and O–H groups in total. The first-order valence-corrected chi connectivity index (χ1v) is 6.99. The molecule has 0 spiro atoms. The summed E-state index contributed by atoms with van der Waals surface area (Å²) in [6.45, 7) is 4.41. The highest BCUT2D eigenvalue weighted by molar-refractivity contribution is 5.73. The van der Waals surface area contributed by atoms with Crippen LogP contribution in [0.5, 0.6) is 5.75 Å². The van der Waals surface area contributed by atoms with Crippen LogP contribution in [0.2, 0.25) is 0 Å². The Morgan fingerprint density at radius 2 is 2.00 bits per heavy atom. The van der Waals surface area contributed by atoms with E-state index >= 15 is 0 Å². The van der Waals surface area contributed by atoms with Crippen LogP contribution in [0, 0.1) is 0 Å². The zero-order chi connectivity index (χ0) is 13.4. The van der Waals surface area contributed by atoms with E-state index in [1.807, 2.05) is 17.0 Å². The summed E-state index contributed by atoms with van der Waals surface area (Å²) in [6, 6.07) is 6.19. The third-order valence-electron chi connectivity index (χ3n) is 4.35. The van der Waals surface area contributed by atoms with Crippen molar-refractivity contribution in [2.24, 2.45) is 0 Å². The van der Waals surface area contributed by atoms with E-state index in [1.54, 1.807) is 13.0 Å². The van der Waals surface area contributed by atoms with Crippen LogP contribution in [0.1, 0.15) is 25.3 Å². The predicted octanol–water partition coefficient (Wildman–Crippen LogP) is 1.77. The summed E-state index contributed by atoms with van der Waals surface area (Å²) in [6.07, 6.45) is 3.09. The number of amides is 1. The molecule has 1 saturated heterocycles. The Labute approximate surface area is 113 Å². The molecule has 102 valence electrons. The molecule has 1 aromatic carbocycles. The van der Waals surface area contributed by atoms with Gasteiger partial charge in [0.2, 0.25) is 5.91 Å². The van der Waals surface area contributed by atoms with E-state index in [1.165, 1.54) is 11.3 Å². The van der Waals surface area contributed by atoms with Crippen molar-refractivity contribution in [3.8, 4) is 5.75 Å². The van der Waals surface area contributed by atoms with Crippen molar-refractivity contribution in [2.45, 2.75) is 32.2 Å². The van der Waals surface area contributed by atoms with E-state index in [-0.39, 0.29) is 5.91 Å². The highest BCUT2D eigenvalue weighted by Crippen LogP contribution is 2.34. The first-order valence-electron chi connectivity index (χ1n) is 6.99. The minimum atomic E-state index is 0.185. The molecule has 0 atom stereocenters. The molecular weight excluding hydrogens is 240 g/mol. The van der Waals surface area contributed by atoms with Crippen LogP contribution in [-0.2, 0) is 11.2 Å².